The van der Waals surface area contributed by atoms with Crippen LogP contribution in [-0.4, -0.2) is 6.10 Å². The Morgan fingerprint density at radius 1 is 1.12 bits per heavy atom. The maximum Gasteiger partial charge on any atom is 0.105 e. The van der Waals surface area contributed by atoms with Gasteiger partial charge in [0.2, 0.25) is 0 Å². The van der Waals surface area contributed by atoms with Crippen molar-refractivity contribution in [3.63, 3.8) is 0 Å². The quantitative estimate of drug-likeness (QED) is 0.547. The Bertz CT molecular complexity index is 366. The van der Waals surface area contributed by atoms with Crippen LogP contribution in [0.4, 0.5) is 0 Å². The van der Waals surface area contributed by atoms with Gasteiger partial charge in [0.05, 0.1) is 6.26 Å². The third kappa shape index (κ3) is 3.23. The molecule has 0 aromatic heterocycles. The molecule has 2 atom stereocenters. The second-order valence-corrected chi connectivity index (χ2v) is 4.54. The van der Waals surface area contributed by atoms with Crippen molar-refractivity contribution in [2.75, 3.05) is 0 Å². The summed E-state index contributed by atoms with van der Waals surface area (Å²) in [5, 5.41) is 0. The van der Waals surface area contributed by atoms with E-state index in [0.29, 0.717) is 12.0 Å². The number of rotatable bonds is 4. The summed E-state index contributed by atoms with van der Waals surface area (Å²) in [5.74, 6) is 0.541. The molecule has 0 saturated heterocycles. The van der Waals surface area contributed by atoms with Gasteiger partial charge in [-0.15, -0.1) is 0 Å². The van der Waals surface area contributed by atoms with E-state index in [-0.39, 0.29) is 0 Å². The summed E-state index contributed by atoms with van der Waals surface area (Å²) in [6, 6.07) is 10.7. The predicted molar refractivity (Wildman–Crippen MR) is 71.9 cm³/mol. The largest absolute Gasteiger partial charge is 0.497 e. The Balaban J connectivity index is 2.07. The first kappa shape index (κ1) is 12.0. The fourth-order valence-electron chi connectivity index (χ4n) is 2.54. The van der Waals surface area contributed by atoms with Crippen molar-refractivity contribution >= 4 is 0 Å². The van der Waals surface area contributed by atoms with E-state index >= 15 is 0 Å². The summed E-state index contributed by atoms with van der Waals surface area (Å²) in [4.78, 5) is 0. The van der Waals surface area contributed by atoms with Gasteiger partial charge in [0.15, 0.2) is 0 Å². The van der Waals surface area contributed by atoms with Crippen molar-refractivity contribution in [2.45, 2.75) is 37.7 Å². The molecule has 90 valence electrons. The van der Waals surface area contributed by atoms with Crippen molar-refractivity contribution in [3.8, 4) is 0 Å². The highest BCUT2D eigenvalue weighted by molar-refractivity contribution is 5.21. The average molecular weight is 228 g/mol. The van der Waals surface area contributed by atoms with Gasteiger partial charge >= 0.3 is 0 Å². The Morgan fingerprint density at radius 2 is 1.88 bits per heavy atom. The molecule has 0 aliphatic heterocycles. The summed E-state index contributed by atoms with van der Waals surface area (Å²) in [6.45, 7) is 3.65. The highest BCUT2D eigenvalue weighted by Gasteiger charge is 2.26. The molecule has 2 rings (SSSR count). The third-order valence-electron chi connectivity index (χ3n) is 3.40. The zero-order valence-electron chi connectivity index (χ0n) is 10.2. The standard InChI is InChI=1S/C16H20O/c1-2-3-13-17-16-12-8-7-11-15(16)14-9-5-4-6-10-14/h2-6,9-10,13,15-16H,1,7-8,11-12H2/b13-3+/t15-,16+/m0/s1. The molecule has 0 spiro atoms. The summed E-state index contributed by atoms with van der Waals surface area (Å²) in [6.07, 6.45) is 10.7. The molecule has 1 aliphatic carbocycles. The van der Waals surface area contributed by atoms with Crippen LogP contribution in [0.15, 0.2) is 55.3 Å². The Hall–Kier alpha value is -1.50. The van der Waals surface area contributed by atoms with Crippen molar-refractivity contribution < 1.29 is 4.74 Å². The highest BCUT2D eigenvalue weighted by Crippen LogP contribution is 2.34. The first-order chi connectivity index (χ1) is 8.42. The van der Waals surface area contributed by atoms with Crippen molar-refractivity contribution in [2.24, 2.45) is 0 Å². The van der Waals surface area contributed by atoms with Gasteiger partial charge in [-0.05, 0) is 30.9 Å². The molecule has 0 amide bonds. The van der Waals surface area contributed by atoms with Crippen LogP contribution in [0.1, 0.15) is 37.2 Å². The second kappa shape index (κ2) is 6.29. The number of ether oxygens (including phenoxy) is 1. The Morgan fingerprint density at radius 3 is 2.65 bits per heavy atom. The van der Waals surface area contributed by atoms with E-state index in [1.54, 1.807) is 12.3 Å². The number of hydrogen-bond acceptors (Lipinski definition) is 1. The molecule has 1 aliphatic rings. The molecule has 1 nitrogen and oxygen atoms in total. The molecule has 1 fully saturated rings. The summed E-state index contributed by atoms with van der Waals surface area (Å²) in [5.41, 5.74) is 1.41. The Labute approximate surface area is 104 Å². The number of benzene rings is 1. The van der Waals surface area contributed by atoms with Crippen LogP contribution in [0.3, 0.4) is 0 Å². The van der Waals surface area contributed by atoms with E-state index < -0.39 is 0 Å². The van der Waals surface area contributed by atoms with Gasteiger partial charge in [-0.25, -0.2) is 0 Å². The minimum Gasteiger partial charge on any atom is -0.497 e. The van der Waals surface area contributed by atoms with E-state index in [2.05, 4.69) is 36.9 Å². The van der Waals surface area contributed by atoms with Crippen molar-refractivity contribution in [1.29, 1.82) is 0 Å². The summed E-state index contributed by atoms with van der Waals surface area (Å²) in [7, 11) is 0. The maximum atomic E-state index is 5.84. The third-order valence-corrected chi connectivity index (χ3v) is 3.40. The maximum absolute atomic E-state index is 5.84. The molecule has 0 radical (unpaired) electrons. The van der Waals surface area contributed by atoms with Gasteiger partial charge in [-0.2, -0.15) is 0 Å². The fraction of sp³-hybridized carbons (Fsp3) is 0.375. The van der Waals surface area contributed by atoms with Crippen LogP contribution >= 0.6 is 0 Å². The van der Waals surface area contributed by atoms with E-state index in [9.17, 15) is 0 Å². The van der Waals surface area contributed by atoms with Crippen LogP contribution < -0.4 is 0 Å². The van der Waals surface area contributed by atoms with Crippen molar-refractivity contribution in [3.05, 3.63) is 60.9 Å². The molecule has 1 aromatic carbocycles. The van der Waals surface area contributed by atoms with Crippen LogP contribution in [0.2, 0.25) is 0 Å². The lowest BCUT2D eigenvalue weighted by Gasteiger charge is -2.31. The van der Waals surface area contributed by atoms with Crippen LogP contribution in [0, 0.1) is 0 Å². The molecule has 0 heterocycles. The smallest absolute Gasteiger partial charge is 0.105 e. The van der Waals surface area contributed by atoms with Gasteiger partial charge in [0.1, 0.15) is 6.10 Å². The van der Waals surface area contributed by atoms with Gasteiger partial charge in [-0.3, -0.25) is 0 Å². The molecule has 0 unspecified atom stereocenters. The molecule has 1 aromatic rings. The molecular weight excluding hydrogens is 208 g/mol. The normalized spacial score (nSPS) is 24.7. The second-order valence-electron chi connectivity index (χ2n) is 4.54. The van der Waals surface area contributed by atoms with Crippen LogP contribution in [-0.2, 0) is 4.74 Å². The molecule has 0 N–H and O–H groups in total. The van der Waals surface area contributed by atoms with E-state index in [1.807, 2.05) is 6.08 Å². The molecule has 1 heteroatoms. The molecule has 1 saturated carbocycles. The fourth-order valence-corrected chi connectivity index (χ4v) is 2.54. The summed E-state index contributed by atoms with van der Waals surface area (Å²) >= 11 is 0. The van der Waals surface area contributed by atoms with Gasteiger partial charge < -0.3 is 4.74 Å². The lowest BCUT2D eigenvalue weighted by atomic mass is 9.81. The van der Waals surface area contributed by atoms with E-state index in [4.69, 9.17) is 4.74 Å². The summed E-state index contributed by atoms with van der Waals surface area (Å²) < 4.78 is 5.84. The SMILES string of the molecule is C=C/C=C/O[C@@H]1CCCC[C@H]1c1ccccc1. The van der Waals surface area contributed by atoms with E-state index in [0.717, 1.165) is 6.42 Å². The van der Waals surface area contributed by atoms with Crippen LogP contribution in [0.5, 0.6) is 0 Å². The topological polar surface area (TPSA) is 9.23 Å². The Kier molecular flexibility index (Phi) is 4.43. The van der Waals surface area contributed by atoms with Gasteiger partial charge in [0, 0.05) is 5.92 Å². The lowest BCUT2D eigenvalue weighted by molar-refractivity contribution is 0.0848. The minimum absolute atomic E-state index is 0.322. The average Bonchev–Trinajstić information content (AvgIpc) is 2.41. The van der Waals surface area contributed by atoms with Gasteiger partial charge in [0.25, 0.3) is 0 Å². The molecule has 17 heavy (non-hydrogen) atoms. The van der Waals surface area contributed by atoms with Crippen molar-refractivity contribution in [1.82, 2.24) is 0 Å². The molecular formula is C16H20O. The molecule has 0 bridgehead atoms. The van der Waals surface area contributed by atoms with Gasteiger partial charge in [-0.1, -0.05) is 49.4 Å². The zero-order valence-corrected chi connectivity index (χ0v) is 10.2. The van der Waals surface area contributed by atoms with E-state index in [1.165, 1.54) is 24.8 Å². The van der Waals surface area contributed by atoms with Crippen LogP contribution in [0.25, 0.3) is 0 Å². The highest BCUT2D eigenvalue weighted by atomic mass is 16.5. The lowest BCUT2D eigenvalue weighted by Crippen LogP contribution is -2.24. The first-order valence-electron chi connectivity index (χ1n) is 6.40. The predicted octanol–water partition coefficient (Wildman–Crippen LogP) is 4.43. The number of hydrogen-bond donors (Lipinski definition) is 0. The first-order valence-corrected chi connectivity index (χ1v) is 6.40. The number of allylic oxidation sites excluding steroid dienone is 2. The minimum atomic E-state index is 0.322. The zero-order chi connectivity index (χ0) is 11.9. The monoisotopic (exact) mass is 228 g/mol.